The van der Waals surface area contributed by atoms with Crippen LogP contribution in [0.25, 0.3) is 22.1 Å². The predicted molar refractivity (Wildman–Crippen MR) is 92.3 cm³/mol. The average Bonchev–Trinajstić information content (AvgIpc) is 3.03. The second kappa shape index (κ2) is 6.17. The zero-order valence-corrected chi connectivity index (χ0v) is 13.9. The first-order valence-corrected chi connectivity index (χ1v) is 8.33. The number of benzene rings is 1. The molecule has 0 aliphatic heterocycles. The molecule has 3 aromatic heterocycles. The summed E-state index contributed by atoms with van der Waals surface area (Å²) in [6.07, 6.45) is 0. The summed E-state index contributed by atoms with van der Waals surface area (Å²) in [7, 11) is 1.54. The minimum Gasteiger partial charge on any atom is -0.481 e. The molecule has 0 radical (unpaired) electrons. The van der Waals surface area contributed by atoms with Crippen molar-refractivity contribution in [3.8, 4) is 5.88 Å². The molecule has 25 heavy (non-hydrogen) atoms. The molecule has 3 heterocycles. The maximum Gasteiger partial charge on any atom is 0.258 e. The molecule has 0 fully saturated rings. The van der Waals surface area contributed by atoms with Gasteiger partial charge in [-0.3, -0.25) is 4.79 Å². The Balaban J connectivity index is 1.62. The Kier molecular flexibility index (Phi) is 3.85. The summed E-state index contributed by atoms with van der Waals surface area (Å²) in [6.45, 7) is 0. The molecule has 0 aliphatic rings. The summed E-state index contributed by atoms with van der Waals surface area (Å²) in [5.74, 6) is 0.663. The number of methoxy groups -OCH3 is 1. The van der Waals surface area contributed by atoms with Crippen LogP contribution in [0.5, 0.6) is 5.88 Å². The molecule has 7 nitrogen and oxygen atoms in total. The quantitative estimate of drug-likeness (QED) is 0.545. The third kappa shape index (κ3) is 2.93. The van der Waals surface area contributed by atoms with Gasteiger partial charge in [-0.1, -0.05) is 17.8 Å². The number of H-pyrrole nitrogens is 2. The SMILES string of the molecule is COc1ccc2[nH]c(SCc3nc4c(F)cccc4c(=O)[nH]3)nc2n1. The number of imidazole rings is 1. The number of aromatic amines is 2. The normalized spacial score (nSPS) is 11.3. The molecule has 126 valence electrons. The van der Waals surface area contributed by atoms with Crippen molar-refractivity contribution in [2.24, 2.45) is 0 Å². The first-order chi connectivity index (χ1) is 12.1. The second-order valence-electron chi connectivity index (χ2n) is 5.20. The van der Waals surface area contributed by atoms with Crippen molar-refractivity contribution in [2.45, 2.75) is 10.9 Å². The second-order valence-corrected chi connectivity index (χ2v) is 6.17. The highest BCUT2D eigenvalue weighted by atomic mass is 32.2. The number of fused-ring (bicyclic) bond motifs is 2. The highest BCUT2D eigenvalue weighted by Crippen LogP contribution is 2.23. The van der Waals surface area contributed by atoms with Gasteiger partial charge >= 0.3 is 0 Å². The van der Waals surface area contributed by atoms with E-state index in [1.807, 2.05) is 6.07 Å². The van der Waals surface area contributed by atoms with Gasteiger partial charge in [-0.05, 0) is 18.2 Å². The summed E-state index contributed by atoms with van der Waals surface area (Å²) in [5, 5.41) is 0.848. The summed E-state index contributed by atoms with van der Waals surface area (Å²) in [5.41, 5.74) is 1.01. The number of ether oxygens (including phenoxy) is 1. The first kappa shape index (κ1) is 15.6. The maximum atomic E-state index is 13.9. The number of rotatable bonds is 4. The number of hydrogen-bond donors (Lipinski definition) is 2. The molecular weight excluding hydrogens is 345 g/mol. The Labute approximate surface area is 144 Å². The van der Waals surface area contributed by atoms with Crippen molar-refractivity contribution in [1.29, 1.82) is 0 Å². The van der Waals surface area contributed by atoms with E-state index < -0.39 is 5.82 Å². The number of para-hydroxylation sites is 1. The lowest BCUT2D eigenvalue weighted by atomic mass is 10.2. The number of hydrogen-bond acceptors (Lipinski definition) is 6. The molecule has 2 N–H and O–H groups in total. The lowest BCUT2D eigenvalue weighted by molar-refractivity contribution is 0.399. The van der Waals surface area contributed by atoms with Gasteiger partial charge in [-0.25, -0.2) is 14.4 Å². The molecule has 4 rings (SSSR count). The number of halogens is 1. The standard InChI is InChI=1S/C16H12FN5O2S/c1-24-12-6-5-10-14(21-12)22-16(18-10)25-7-11-19-13-8(15(23)20-11)3-2-4-9(13)17/h2-6H,7H2,1H3,(H,18,21,22)(H,19,20,23). The summed E-state index contributed by atoms with van der Waals surface area (Å²) in [6, 6.07) is 7.87. The number of thioether (sulfide) groups is 1. The molecule has 0 saturated heterocycles. The van der Waals surface area contributed by atoms with E-state index in [0.717, 1.165) is 5.52 Å². The third-order valence-electron chi connectivity index (χ3n) is 3.59. The van der Waals surface area contributed by atoms with Crippen molar-refractivity contribution in [2.75, 3.05) is 7.11 Å². The lowest BCUT2D eigenvalue weighted by Gasteiger charge is -2.02. The average molecular weight is 357 g/mol. The van der Waals surface area contributed by atoms with Gasteiger partial charge in [0.2, 0.25) is 5.88 Å². The van der Waals surface area contributed by atoms with Gasteiger partial charge < -0.3 is 14.7 Å². The Hall–Kier alpha value is -2.94. The molecule has 4 aromatic rings. The van der Waals surface area contributed by atoms with Gasteiger partial charge in [0.15, 0.2) is 10.8 Å². The monoisotopic (exact) mass is 357 g/mol. The molecule has 0 amide bonds. The van der Waals surface area contributed by atoms with Crippen LogP contribution in [-0.2, 0) is 5.75 Å². The van der Waals surface area contributed by atoms with Gasteiger partial charge in [0.25, 0.3) is 5.56 Å². The topological polar surface area (TPSA) is 96.5 Å². The van der Waals surface area contributed by atoms with Gasteiger partial charge in [-0.15, -0.1) is 0 Å². The molecule has 0 spiro atoms. The fourth-order valence-electron chi connectivity index (χ4n) is 2.41. The molecule has 0 aliphatic carbocycles. The highest BCUT2D eigenvalue weighted by Gasteiger charge is 2.10. The number of nitrogens with zero attached hydrogens (tertiary/aromatic N) is 3. The van der Waals surface area contributed by atoms with E-state index in [1.165, 1.54) is 31.0 Å². The summed E-state index contributed by atoms with van der Waals surface area (Å²) < 4.78 is 18.9. The van der Waals surface area contributed by atoms with Crippen LogP contribution in [0, 0.1) is 5.82 Å². The van der Waals surface area contributed by atoms with E-state index in [9.17, 15) is 9.18 Å². The van der Waals surface area contributed by atoms with Crippen LogP contribution in [0.3, 0.4) is 0 Å². The third-order valence-corrected chi connectivity index (χ3v) is 4.47. The van der Waals surface area contributed by atoms with Crippen LogP contribution in [0.15, 0.2) is 40.3 Å². The van der Waals surface area contributed by atoms with Crippen LogP contribution >= 0.6 is 11.8 Å². The number of aromatic nitrogens is 5. The van der Waals surface area contributed by atoms with E-state index in [4.69, 9.17) is 4.74 Å². The van der Waals surface area contributed by atoms with E-state index in [1.54, 1.807) is 12.1 Å². The molecule has 0 saturated carbocycles. The summed E-state index contributed by atoms with van der Waals surface area (Å²) >= 11 is 1.33. The zero-order chi connectivity index (χ0) is 17.4. The molecule has 1 aromatic carbocycles. The maximum absolute atomic E-state index is 13.9. The number of nitrogens with one attached hydrogen (secondary N) is 2. The predicted octanol–water partition coefficient (Wildman–Crippen LogP) is 2.63. The van der Waals surface area contributed by atoms with Crippen LogP contribution in [-0.4, -0.2) is 32.0 Å². The minimum atomic E-state index is -0.519. The minimum absolute atomic E-state index is 0.0675. The molecule has 9 heteroatoms. The fourth-order valence-corrected chi connectivity index (χ4v) is 3.16. The fraction of sp³-hybridized carbons (Fsp3) is 0.125. The Morgan fingerprint density at radius 2 is 2.04 bits per heavy atom. The van der Waals surface area contributed by atoms with Crippen molar-refractivity contribution >= 4 is 33.8 Å². The zero-order valence-electron chi connectivity index (χ0n) is 13.0. The van der Waals surface area contributed by atoms with E-state index >= 15 is 0 Å². The van der Waals surface area contributed by atoms with Gasteiger partial charge in [0.1, 0.15) is 17.2 Å². The van der Waals surface area contributed by atoms with Crippen LogP contribution < -0.4 is 10.3 Å². The number of pyridine rings is 1. The molecular formula is C16H12FN5O2S. The van der Waals surface area contributed by atoms with Crippen LogP contribution in [0.2, 0.25) is 0 Å². The first-order valence-electron chi connectivity index (χ1n) is 7.35. The van der Waals surface area contributed by atoms with E-state index in [-0.39, 0.29) is 16.5 Å². The van der Waals surface area contributed by atoms with Crippen molar-refractivity contribution in [1.82, 2.24) is 24.9 Å². The molecule has 0 atom stereocenters. The van der Waals surface area contributed by atoms with E-state index in [0.29, 0.717) is 28.3 Å². The molecule has 0 bridgehead atoms. The van der Waals surface area contributed by atoms with Gasteiger partial charge in [0, 0.05) is 6.07 Å². The lowest BCUT2D eigenvalue weighted by Crippen LogP contribution is -2.12. The molecule has 0 unspecified atom stereocenters. The largest absolute Gasteiger partial charge is 0.481 e. The Morgan fingerprint density at radius 3 is 2.88 bits per heavy atom. The van der Waals surface area contributed by atoms with Crippen LogP contribution in [0.1, 0.15) is 5.82 Å². The highest BCUT2D eigenvalue weighted by molar-refractivity contribution is 7.98. The van der Waals surface area contributed by atoms with Gasteiger partial charge in [0.05, 0.1) is 23.8 Å². The van der Waals surface area contributed by atoms with Crippen molar-refractivity contribution in [3.63, 3.8) is 0 Å². The Bertz CT molecular complexity index is 1140. The van der Waals surface area contributed by atoms with Crippen LogP contribution in [0.4, 0.5) is 4.39 Å². The van der Waals surface area contributed by atoms with Crippen molar-refractivity contribution in [3.05, 3.63) is 52.3 Å². The van der Waals surface area contributed by atoms with Gasteiger partial charge in [-0.2, -0.15) is 4.98 Å². The smallest absolute Gasteiger partial charge is 0.258 e. The van der Waals surface area contributed by atoms with Crippen molar-refractivity contribution < 1.29 is 9.13 Å². The summed E-state index contributed by atoms with van der Waals surface area (Å²) in [4.78, 5) is 30.6. The van der Waals surface area contributed by atoms with E-state index in [2.05, 4.69) is 24.9 Å². The Morgan fingerprint density at radius 1 is 1.16 bits per heavy atom.